The Hall–Kier alpha value is -1.95. The van der Waals surface area contributed by atoms with Crippen LogP contribution in [0.1, 0.15) is 25.8 Å². The number of benzene rings is 1. The molecule has 2 atom stereocenters. The quantitative estimate of drug-likeness (QED) is 0.833. The number of nitriles is 1. The van der Waals surface area contributed by atoms with E-state index in [0.29, 0.717) is 25.1 Å². The third-order valence-corrected chi connectivity index (χ3v) is 6.13. The number of hydrogen-bond donors (Lipinski definition) is 1. The summed E-state index contributed by atoms with van der Waals surface area (Å²) in [5.74, 6) is -0.217. The van der Waals surface area contributed by atoms with Gasteiger partial charge in [0.2, 0.25) is 15.9 Å². The van der Waals surface area contributed by atoms with E-state index in [4.69, 9.17) is 11.0 Å². The average molecular weight is 350 g/mol. The van der Waals surface area contributed by atoms with Gasteiger partial charge in [0.25, 0.3) is 0 Å². The molecule has 1 aromatic carbocycles. The molecule has 1 fully saturated rings. The Bertz CT molecular complexity index is 736. The molecule has 0 radical (unpaired) electrons. The van der Waals surface area contributed by atoms with Crippen LogP contribution in [0.15, 0.2) is 29.2 Å². The van der Waals surface area contributed by atoms with Crippen LogP contribution < -0.4 is 5.73 Å². The van der Waals surface area contributed by atoms with Crippen molar-refractivity contribution in [1.29, 1.82) is 5.26 Å². The van der Waals surface area contributed by atoms with Crippen molar-refractivity contribution in [2.45, 2.75) is 37.2 Å². The molecule has 1 aromatic rings. The first-order valence-electron chi connectivity index (χ1n) is 7.91. The summed E-state index contributed by atoms with van der Waals surface area (Å²) in [6, 6.07) is 6.47. The first-order chi connectivity index (χ1) is 11.3. The summed E-state index contributed by atoms with van der Waals surface area (Å²) in [5.41, 5.74) is 6.31. The number of nitrogens with two attached hydrogens (primary N) is 1. The zero-order chi connectivity index (χ0) is 17.9. The summed E-state index contributed by atoms with van der Waals surface area (Å²) in [7, 11) is -3.84. The molecule has 2 rings (SSSR count). The van der Waals surface area contributed by atoms with Crippen molar-refractivity contribution in [2.24, 2.45) is 5.73 Å². The maximum Gasteiger partial charge on any atom is 0.243 e. The van der Waals surface area contributed by atoms with Crippen molar-refractivity contribution < 1.29 is 13.2 Å². The minimum absolute atomic E-state index is 0.0629. The van der Waals surface area contributed by atoms with Crippen molar-refractivity contribution in [3.8, 4) is 6.07 Å². The minimum atomic E-state index is -3.84. The standard InChI is InChI=1S/C16H22N4O3S/c1-3-19(4-2)16(21)15-9-13(18)11-20(15)24(22,23)14-7-5-12(10-17)6-8-14/h5-8,13,15H,3-4,9,11,18H2,1-2H3. The molecule has 2 unspecified atom stereocenters. The highest BCUT2D eigenvalue weighted by atomic mass is 32.2. The first-order valence-corrected chi connectivity index (χ1v) is 9.35. The topological polar surface area (TPSA) is 108 Å². The maximum atomic E-state index is 12.9. The van der Waals surface area contributed by atoms with Crippen LogP contribution in [0.25, 0.3) is 0 Å². The van der Waals surface area contributed by atoms with E-state index in [1.54, 1.807) is 4.90 Å². The second kappa shape index (κ2) is 7.30. The van der Waals surface area contributed by atoms with Gasteiger partial charge in [-0.25, -0.2) is 8.42 Å². The lowest BCUT2D eigenvalue weighted by molar-refractivity contribution is -0.134. The lowest BCUT2D eigenvalue weighted by Gasteiger charge is -2.28. The van der Waals surface area contributed by atoms with E-state index in [0.717, 1.165) is 0 Å². The lowest BCUT2D eigenvalue weighted by Crippen LogP contribution is -2.47. The Morgan fingerprint density at radius 1 is 1.33 bits per heavy atom. The van der Waals surface area contributed by atoms with E-state index < -0.39 is 16.1 Å². The zero-order valence-corrected chi connectivity index (χ0v) is 14.7. The van der Waals surface area contributed by atoms with Crippen LogP contribution in [0.2, 0.25) is 0 Å². The molecule has 0 aliphatic carbocycles. The molecule has 0 aromatic heterocycles. The predicted octanol–water partition coefficient (Wildman–Crippen LogP) is 0.517. The SMILES string of the molecule is CCN(CC)C(=O)C1CC(N)CN1S(=O)(=O)c1ccc(C#N)cc1. The molecule has 8 heteroatoms. The second-order valence-electron chi connectivity index (χ2n) is 5.73. The maximum absolute atomic E-state index is 12.9. The van der Waals surface area contributed by atoms with Crippen LogP contribution in [0.4, 0.5) is 0 Å². The number of nitrogens with zero attached hydrogens (tertiary/aromatic N) is 3. The van der Waals surface area contributed by atoms with E-state index in [-0.39, 0.29) is 23.4 Å². The number of likely N-dealkylation sites (N-methyl/N-ethyl adjacent to an activating group) is 1. The van der Waals surface area contributed by atoms with Gasteiger partial charge in [-0.05, 0) is 44.5 Å². The largest absolute Gasteiger partial charge is 0.342 e. The molecule has 2 N–H and O–H groups in total. The van der Waals surface area contributed by atoms with Crippen molar-refractivity contribution in [1.82, 2.24) is 9.21 Å². The number of amides is 1. The molecular formula is C16H22N4O3S. The van der Waals surface area contributed by atoms with Crippen molar-refractivity contribution in [3.05, 3.63) is 29.8 Å². The van der Waals surface area contributed by atoms with Gasteiger partial charge in [-0.2, -0.15) is 9.57 Å². The van der Waals surface area contributed by atoms with Crippen molar-refractivity contribution >= 4 is 15.9 Å². The Balaban J connectivity index is 2.35. The van der Waals surface area contributed by atoms with Crippen LogP contribution in [0.3, 0.4) is 0 Å². The van der Waals surface area contributed by atoms with E-state index in [1.165, 1.54) is 28.6 Å². The Morgan fingerprint density at radius 3 is 2.42 bits per heavy atom. The van der Waals surface area contributed by atoms with Crippen LogP contribution >= 0.6 is 0 Å². The van der Waals surface area contributed by atoms with Gasteiger partial charge in [-0.15, -0.1) is 0 Å². The number of sulfonamides is 1. The third kappa shape index (κ3) is 3.43. The molecule has 1 amide bonds. The highest BCUT2D eigenvalue weighted by Crippen LogP contribution is 2.27. The van der Waals surface area contributed by atoms with Gasteiger partial charge in [0.05, 0.1) is 16.5 Å². The van der Waals surface area contributed by atoms with Crippen LogP contribution in [-0.2, 0) is 14.8 Å². The smallest absolute Gasteiger partial charge is 0.243 e. The summed E-state index contributed by atoms with van der Waals surface area (Å²) in [4.78, 5) is 14.3. The van der Waals surface area contributed by atoms with Gasteiger partial charge in [0.1, 0.15) is 6.04 Å². The normalized spacial score (nSPS) is 21.4. The summed E-state index contributed by atoms with van der Waals surface area (Å²) in [6.07, 6.45) is 0.310. The molecule has 1 heterocycles. The molecule has 1 aliphatic rings. The van der Waals surface area contributed by atoms with Gasteiger partial charge < -0.3 is 10.6 Å². The third-order valence-electron chi connectivity index (χ3n) is 4.24. The fourth-order valence-corrected chi connectivity index (χ4v) is 4.56. The Morgan fingerprint density at radius 2 is 1.92 bits per heavy atom. The van der Waals surface area contributed by atoms with Crippen LogP contribution in [0, 0.1) is 11.3 Å². The fraction of sp³-hybridized carbons (Fsp3) is 0.500. The predicted molar refractivity (Wildman–Crippen MR) is 89.4 cm³/mol. The van der Waals surface area contributed by atoms with Gasteiger partial charge in [-0.1, -0.05) is 0 Å². The van der Waals surface area contributed by atoms with E-state index in [9.17, 15) is 13.2 Å². The van der Waals surface area contributed by atoms with Gasteiger partial charge >= 0.3 is 0 Å². The zero-order valence-electron chi connectivity index (χ0n) is 13.8. The van der Waals surface area contributed by atoms with E-state index >= 15 is 0 Å². The summed E-state index contributed by atoms with van der Waals surface area (Å²) < 4.78 is 27.0. The van der Waals surface area contributed by atoms with Crippen LogP contribution in [-0.4, -0.2) is 55.2 Å². The number of rotatable bonds is 5. The first kappa shape index (κ1) is 18.4. The second-order valence-corrected chi connectivity index (χ2v) is 7.62. The molecule has 0 bridgehead atoms. The molecular weight excluding hydrogens is 328 g/mol. The molecule has 1 aliphatic heterocycles. The van der Waals surface area contributed by atoms with Crippen molar-refractivity contribution in [3.63, 3.8) is 0 Å². The number of hydrogen-bond acceptors (Lipinski definition) is 5. The summed E-state index contributed by atoms with van der Waals surface area (Å²) in [6.45, 7) is 4.86. The molecule has 130 valence electrons. The lowest BCUT2D eigenvalue weighted by atomic mass is 10.1. The molecule has 7 nitrogen and oxygen atoms in total. The van der Waals surface area contributed by atoms with Crippen molar-refractivity contribution in [2.75, 3.05) is 19.6 Å². The minimum Gasteiger partial charge on any atom is -0.342 e. The molecule has 0 saturated carbocycles. The summed E-state index contributed by atoms with van der Waals surface area (Å²) >= 11 is 0. The fourth-order valence-electron chi connectivity index (χ4n) is 2.91. The molecule has 24 heavy (non-hydrogen) atoms. The monoisotopic (exact) mass is 350 g/mol. The van der Waals surface area contributed by atoms with E-state index in [1.807, 2.05) is 19.9 Å². The van der Waals surface area contributed by atoms with Gasteiger partial charge in [0, 0.05) is 25.7 Å². The molecule has 0 spiro atoms. The average Bonchev–Trinajstić information content (AvgIpc) is 2.98. The molecule has 1 saturated heterocycles. The highest BCUT2D eigenvalue weighted by molar-refractivity contribution is 7.89. The summed E-state index contributed by atoms with van der Waals surface area (Å²) in [5, 5.41) is 8.83. The van der Waals surface area contributed by atoms with Gasteiger partial charge in [0.15, 0.2) is 0 Å². The Labute approximate surface area is 142 Å². The van der Waals surface area contributed by atoms with Crippen LogP contribution in [0.5, 0.6) is 0 Å². The number of carbonyl (C=O) groups excluding carboxylic acids is 1. The number of carbonyl (C=O) groups is 1. The highest BCUT2D eigenvalue weighted by Gasteiger charge is 2.43. The van der Waals surface area contributed by atoms with Gasteiger partial charge in [-0.3, -0.25) is 4.79 Å². The Kier molecular flexibility index (Phi) is 5.59. The van der Waals surface area contributed by atoms with E-state index in [2.05, 4.69) is 0 Å².